The second-order valence-corrected chi connectivity index (χ2v) is 6.27. The Hall–Kier alpha value is -1.69. The molecule has 4 rings (SSSR count). The Kier molecular flexibility index (Phi) is 3.25. The van der Waals surface area contributed by atoms with Gasteiger partial charge in [-0.2, -0.15) is 0 Å². The molecular weight excluding hydrogens is 264 g/mol. The van der Waals surface area contributed by atoms with Crippen LogP contribution in [0.5, 0.6) is 0 Å². The third-order valence-electron chi connectivity index (χ3n) is 4.82. The Morgan fingerprint density at radius 1 is 1.33 bits per heavy atom. The molecule has 2 aliphatic rings. The van der Waals surface area contributed by atoms with Gasteiger partial charge in [0, 0.05) is 37.1 Å². The van der Waals surface area contributed by atoms with E-state index in [1.54, 1.807) is 6.33 Å². The summed E-state index contributed by atoms with van der Waals surface area (Å²) < 4.78 is 1.96. The van der Waals surface area contributed by atoms with Crippen molar-refractivity contribution < 1.29 is 0 Å². The first-order valence-electron chi connectivity index (χ1n) is 8.02. The van der Waals surface area contributed by atoms with Gasteiger partial charge in [-0.3, -0.25) is 4.40 Å². The highest BCUT2D eigenvalue weighted by Crippen LogP contribution is 2.32. The first-order valence-corrected chi connectivity index (χ1v) is 8.02. The number of rotatable bonds is 4. The van der Waals surface area contributed by atoms with Gasteiger partial charge in [-0.1, -0.05) is 6.92 Å². The highest BCUT2D eigenvalue weighted by molar-refractivity contribution is 5.63. The van der Waals surface area contributed by atoms with Crippen molar-refractivity contribution in [1.82, 2.24) is 24.9 Å². The molecule has 0 radical (unpaired) electrons. The lowest BCUT2D eigenvalue weighted by Crippen LogP contribution is -2.49. The predicted molar refractivity (Wildman–Crippen MR) is 81.4 cm³/mol. The topological polar surface area (TPSA) is 58.4 Å². The monoisotopic (exact) mass is 286 g/mol. The molecule has 0 amide bonds. The van der Waals surface area contributed by atoms with Crippen molar-refractivity contribution in [2.24, 2.45) is 0 Å². The first-order chi connectivity index (χ1) is 10.3. The van der Waals surface area contributed by atoms with E-state index in [-0.39, 0.29) is 0 Å². The van der Waals surface area contributed by atoms with Crippen LogP contribution in [0, 0.1) is 0 Å². The van der Waals surface area contributed by atoms with Gasteiger partial charge < -0.3 is 10.2 Å². The number of piperidine rings is 1. The van der Waals surface area contributed by atoms with Gasteiger partial charge in [0.05, 0.1) is 0 Å². The van der Waals surface area contributed by atoms with Crippen molar-refractivity contribution in [3.63, 3.8) is 0 Å². The van der Waals surface area contributed by atoms with Gasteiger partial charge in [-0.05, 0) is 32.1 Å². The van der Waals surface area contributed by atoms with Crippen LogP contribution in [-0.2, 0) is 0 Å². The molecule has 1 N–H and O–H groups in total. The van der Waals surface area contributed by atoms with E-state index in [4.69, 9.17) is 0 Å². The van der Waals surface area contributed by atoms with Crippen LogP contribution >= 0.6 is 0 Å². The van der Waals surface area contributed by atoms with Gasteiger partial charge >= 0.3 is 0 Å². The molecule has 0 spiro atoms. The normalized spacial score (nSPS) is 28.1. The highest BCUT2D eigenvalue weighted by Gasteiger charge is 2.36. The zero-order chi connectivity index (χ0) is 14.2. The molecule has 4 heterocycles. The summed E-state index contributed by atoms with van der Waals surface area (Å²) in [6.07, 6.45) is 11.7. The smallest absolute Gasteiger partial charge is 0.203 e. The van der Waals surface area contributed by atoms with E-state index in [1.807, 2.05) is 16.8 Å². The van der Waals surface area contributed by atoms with E-state index in [0.29, 0.717) is 18.1 Å². The fraction of sp³-hybridized carbons (Fsp3) is 0.667. The van der Waals surface area contributed by atoms with Crippen LogP contribution in [-0.4, -0.2) is 44.3 Å². The summed E-state index contributed by atoms with van der Waals surface area (Å²) in [6.45, 7) is 3.26. The van der Waals surface area contributed by atoms with Crippen molar-refractivity contribution in [2.45, 2.75) is 57.2 Å². The average molecular weight is 286 g/mol. The van der Waals surface area contributed by atoms with Crippen molar-refractivity contribution in [2.75, 3.05) is 11.4 Å². The molecule has 2 aromatic rings. The van der Waals surface area contributed by atoms with Crippen LogP contribution in [0.4, 0.5) is 5.82 Å². The second-order valence-electron chi connectivity index (χ2n) is 6.27. The molecular formula is C15H22N6. The maximum absolute atomic E-state index is 4.63. The van der Waals surface area contributed by atoms with Crippen LogP contribution < -0.4 is 10.2 Å². The van der Waals surface area contributed by atoms with Crippen LogP contribution in [0.25, 0.3) is 5.65 Å². The summed E-state index contributed by atoms with van der Waals surface area (Å²) in [5.74, 6) is 0.989. The average Bonchev–Trinajstić information content (AvgIpc) is 3.11. The lowest BCUT2D eigenvalue weighted by atomic mass is 9.98. The zero-order valence-corrected chi connectivity index (χ0v) is 12.4. The largest absolute Gasteiger partial charge is 0.350 e. The Bertz CT molecular complexity index is 611. The number of nitrogens with one attached hydrogen (secondary N) is 1. The van der Waals surface area contributed by atoms with Crippen molar-refractivity contribution in [3.8, 4) is 0 Å². The van der Waals surface area contributed by atoms with Crippen molar-refractivity contribution >= 4 is 11.5 Å². The van der Waals surface area contributed by atoms with E-state index in [9.17, 15) is 0 Å². The molecule has 6 heteroatoms. The number of nitrogens with zero attached hydrogens (tertiary/aromatic N) is 5. The summed E-state index contributed by atoms with van der Waals surface area (Å²) in [5, 5.41) is 12.0. The molecule has 2 atom stereocenters. The lowest BCUT2D eigenvalue weighted by Gasteiger charge is -2.38. The Morgan fingerprint density at radius 3 is 2.90 bits per heavy atom. The van der Waals surface area contributed by atoms with Crippen LogP contribution in [0.1, 0.15) is 39.0 Å². The Labute approximate surface area is 124 Å². The molecule has 0 aromatic carbocycles. The van der Waals surface area contributed by atoms with E-state index >= 15 is 0 Å². The molecule has 112 valence electrons. The minimum Gasteiger partial charge on any atom is -0.350 e. The third-order valence-corrected chi connectivity index (χ3v) is 4.82. The standard InChI is InChI=1S/C15H22N6/c1-2-6-21(13-8-11-3-4-12(9-13)18-11)14-15-19-17-10-20(15)7-5-16-14/h5,7,10-13,18H,2-4,6,8-9H2,1H3. The van der Waals surface area contributed by atoms with Crippen LogP contribution in [0.3, 0.4) is 0 Å². The van der Waals surface area contributed by atoms with Crippen LogP contribution in [0.15, 0.2) is 18.7 Å². The minimum absolute atomic E-state index is 0.569. The molecule has 0 saturated carbocycles. The fourth-order valence-corrected chi connectivity index (χ4v) is 3.93. The molecule has 2 saturated heterocycles. The molecule has 21 heavy (non-hydrogen) atoms. The predicted octanol–water partition coefficient (Wildman–Crippen LogP) is 1.62. The van der Waals surface area contributed by atoms with E-state index < -0.39 is 0 Å². The van der Waals surface area contributed by atoms with E-state index in [1.165, 1.54) is 25.7 Å². The highest BCUT2D eigenvalue weighted by atomic mass is 15.3. The van der Waals surface area contributed by atoms with Crippen LogP contribution in [0.2, 0.25) is 0 Å². The summed E-state index contributed by atoms with van der Waals surface area (Å²) in [7, 11) is 0. The first kappa shape index (κ1) is 13.0. The second kappa shape index (κ2) is 5.26. The van der Waals surface area contributed by atoms with E-state index in [2.05, 4.69) is 32.3 Å². The van der Waals surface area contributed by atoms with Gasteiger partial charge in [0.15, 0.2) is 5.82 Å². The zero-order valence-electron chi connectivity index (χ0n) is 12.4. The Morgan fingerprint density at radius 2 is 2.14 bits per heavy atom. The molecule has 6 nitrogen and oxygen atoms in total. The molecule has 2 aromatic heterocycles. The molecule has 2 aliphatic heterocycles. The van der Waals surface area contributed by atoms with Gasteiger partial charge in [0.2, 0.25) is 5.65 Å². The number of hydrogen-bond donors (Lipinski definition) is 1. The SMILES string of the molecule is CCCN(c1nccn2cnnc12)C1CC2CCC(C1)N2. The third kappa shape index (κ3) is 2.27. The fourth-order valence-electron chi connectivity index (χ4n) is 3.93. The number of anilines is 1. The quantitative estimate of drug-likeness (QED) is 0.925. The summed E-state index contributed by atoms with van der Waals surface area (Å²) in [5.41, 5.74) is 0.872. The van der Waals surface area contributed by atoms with Gasteiger partial charge in [-0.25, -0.2) is 4.98 Å². The summed E-state index contributed by atoms with van der Waals surface area (Å²) >= 11 is 0. The van der Waals surface area contributed by atoms with Gasteiger partial charge in [-0.15, -0.1) is 10.2 Å². The number of hydrogen-bond acceptors (Lipinski definition) is 5. The minimum atomic E-state index is 0.569. The molecule has 2 fully saturated rings. The summed E-state index contributed by atoms with van der Waals surface area (Å²) in [4.78, 5) is 7.09. The molecule has 0 aliphatic carbocycles. The number of aromatic nitrogens is 4. The lowest BCUT2D eigenvalue weighted by molar-refractivity contribution is 0.346. The van der Waals surface area contributed by atoms with Crippen molar-refractivity contribution in [1.29, 1.82) is 0 Å². The maximum Gasteiger partial charge on any atom is 0.203 e. The summed E-state index contributed by atoms with van der Waals surface area (Å²) in [6, 6.07) is 1.94. The maximum atomic E-state index is 4.63. The van der Waals surface area contributed by atoms with Gasteiger partial charge in [0.1, 0.15) is 6.33 Å². The van der Waals surface area contributed by atoms with E-state index in [0.717, 1.165) is 24.4 Å². The van der Waals surface area contributed by atoms with Crippen molar-refractivity contribution in [3.05, 3.63) is 18.7 Å². The molecule has 2 bridgehead atoms. The number of fused-ring (bicyclic) bond motifs is 3. The Balaban J connectivity index is 1.69. The van der Waals surface area contributed by atoms with Gasteiger partial charge in [0.25, 0.3) is 0 Å². The molecule has 2 unspecified atom stereocenters.